The highest BCUT2D eigenvalue weighted by molar-refractivity contribution is 6.38. The molecule has 1 heterocycles. The summed E-state index contributed by atoms with van der Waals surface area (Å²) in [6.07, 6.45) is 2.06. The van der Waals surface area contributed by atoms with Crippen LogP contribution in [0.1, 0.15) is 28.5 Å². The average molecular weight is 314 g/mol. The van der Waals surface area contributed by atoms with Crippen molar-refractivity contribution in [3.8, 4) is 0 Å². The third-order valence-electron chi connectivity index (χ3n) is 3.15. The molecular weight excluding hydrogens is 300 g/mol. The van der Waals surface area contributed by atoms with E-state index in [1.807, 2.05) is 0 Å². The monoisotopic (exact) mass is 314 g/mol. The zero-order valence-corrected chi connectivity index (χ0v) is 12.3. The van der Waals surface area contributed by atoms with Crippen LogP contribution in [0, 0.1) is 0 Å². The Morgan fingerprint density at radius 2 is 1.78 bits per heavy atom. The van der Waals surface area contributed by atoms with Crippen LogP contribution in [-0.2, 0) is 16.1 Å². The molecule has 118 valence electrons. The van der Waals surface area contributed by atoms with Gasteiger partial charge >= 0.3 is 5.97 Å². The van der Waals surface area contributed by atoms with E-state index in [1.165, 1.54) is 23.9 Å². The average Bonchev–Trinajstić information content (AvgIpc) is 2.95. The molecule has 0 bridgehead atoms. The molecule has 0 aliphatic carbocycles. The number of benzene rings is 1. The molecule has 23 heavy (non-hydrogen) atoms. The summed E-state index contributed by atoms with van der Waals surface area (Å²) in [4.78, 5) is 32.9. The van der Waals surface area contributed by atoms with E-state index in [4.69, 9.17) is 5.11 Å². The van der Waals surface area contributed by atoms with E-state index in [1.54, 1.807) is 24.3 Å². The number of hydrogen-bond donors (Lipinski definition) is 2. The Morgan fingerprint density at radius 3 is 2.35 bits per heavy atom. The van der Waals surface area contributed by atoms with Gasteiger partial charge in [0.25, 0.3) is 5.78 Å². The number of hydrogen-bond acceptors (Lipinski definition) is 5. The summed E-state index contributed by atoms with van der Waals surface area (Å²) >= 11 is 0. The molecule has 1 aromatic heterocycles. The van der Waals surface area contributed by atoms with E-state index in [2.05, 4.69) is 5.10 Å². The van der Waals surface area contributed by atoms with Crippen LogP contribution in [0.3, 0.4) is 0 Å². The van der Waals surface area contributed by atoms with Gasteiger partial charge in [0.15, 0.2) is 5.78 Å². The SMILES string of the molecule is CC(=O)c1ccc(Cn2nccc2C(O)=CC(=O)C(=O)O)cc1. The van der Waals surface area contributed by atoms with Crippen LogP contribution < -0.4 is 0 Å². The molecule has 0 atom stereocenters. The summed E-state index contributed by atoms with van der Waals surface area (Å²) < 4.78 is 1.42. The molecule has 0 fully saturated rings. The van der Waals surface area contributed by atoms with Crippen molar-refractivity contribution in [1.29, 1.82) is 0 Å². The van der Waals surface area contributed by atoms with Gasteiger partial charge in [-0.3, -0.25) is 14.3 Å². The van der Waals surface area contributed by atoms with Gasteiger partial charge in [0.2, 0.25) is 0 Å². The highest BCUT2D eigenvalue weighted by Gasteiger charge is 2.13. The molecule has 7 nitrogen and oxygen atoms in total. The fourth-order valence-corrected chi connectivity index (χ4v) is 1.95. The van der Waals surface area contributed by atoms with Crippen LogP contribution >= 0.6 is 0 Å². The van der Waals surface area contributed by atoms with E-state index in [0.29, 0.717) is 18.2 Å². The third-order valence-corrected chi connectivity index (χ3v) is 3.15. The van der Waals surface area contributed by atoms with E-state index in [0.717, 1.165) is 5.56 Å². The molecule has 0 saturated carbocycles. The quantitative estimate of drug-likeness (QED) is 0.363. The Balaban J connectivity index is 2.22. The predicted molar refractivity (Wildman–Crippen MR) is 81.0 cm³/mol. The number of aromatic nitrogens is 2. The van der Waals surface area contributed by atoms with Gasteiger partial charge in [-0.1, -0.05) is 24.3 Å². The number of aliphatic hydroxyl groups is 1. The second-order valence-electron chi connectivity index (χ2n) is 4.83. The Hall–Kier alpha value is -3.22. The standard InChI is InChI=1S/C16H14N2O5/c1-10(19)12-4-2-11(3-5-12)9-18-13(6-7-17-18)14(20)8-15(21)16(22)23/h2-8,20H,9H2,1H3,(H,22,23). The van der Waals surface area contributed by atoms with Crippen LogP contribution in [-0.4, -0.2) is 37.5 Å². The van der Waals surface area contributed by atoms with Crippen molar-refractivity contribution in [2.45, 2.75) is 13.5 Å². The molecule has 0 amide bonds. The van der Waals surface area contributed by atoms with Gasteiger partial charge in [0, 0.05) is 17.8 Å². The summed E-state index contributed by atoms with van der Waals surface area (Å²) in [5.41, 5.74) is 1.64. The first-order valence-corrected chi connectivity index (χ1v) is 6.68. The van der Waals surface area contributed by atoms with Crippen LogP contribution in [0.4, 0.5) is 0 Å². The molecule has 0 saturated heterocycles. The maximum atomic E-state index is 11.2. The van der Waals surface area contributed by atoms with Gasteiger partial charge in [-0.15, -0.1) is 0 Å². The van der Waals surface area contributed by atoms with Gasteiger partial charge < -0.3 is 10.2 Å². The van der Waals surface area contributed by atoms with E-state index in [-0.39, 0.29) is 11.5 Å². The van der Waals surface area contributed by atoms with Crippen molar-refractivity contribution in [3.63, 3.8) is 0 Å². The Labute approximate surface area is 131 Å². The molecule has 0 radical (unpaired) electrons. The molecule has 0 aliphatic rings. The smallest absolute Gasteiger partial charge is 0.376 e. The molecule has 2 N–H and O–H groups in total. The number of carboxylic acids is 1. The first-order chi connectivity index (χ1) is 10.9. The second kappa shape index (κ2) is 6.69. The maximum absolute atomic E-state index is 11.2. The van der Waals surface area contributed by atoms with Crippen LogP contribution in [0.5, 0.6) is 0 Å². The van der Waals surface area contributed by atoms with Crippen molar-refractivity contribution in [1.82, 2.24) is 9.78 Å². The topological polar surface area (TPSA) is 109 Å². The van der Waals surface area contributed by atoms with Gasteiger partial charge in [-0.05, 0) is 18.6 Å². The first kappa shape index (κ1) is 16.2. The second-order valence-corrected chi connectivity index (χ2v) is 4.83. The normalized spacial score (nSPS) is 11.3. The third kappa shape index (κ3) is 3.91. The summed E-state index contributed by atoms with van der Waals surface area (Å²) in [5, 5.41) is 22.5. The number of aliphatic carboxylic acids is 1. The van der Waals surface area contributed by atoms with Crippen molar-refractivity contribution in [3.05, 3.63) is 59.4 Å². The summed E-state index contributed by atoms with van der Waals surface area (Å²) in [6, 6.07) is 8.34. The van der Waals surface area contributed by atoms with Gasteiger partial charge in [-0.25, -0.2) is 4.79 Å². The number of aliphatic hydroxyl groups excluding tert-OH is 1. The van der Waals surface area contributed by atoms with Gasteiger partial charge in [0.05, 0.1) is 6.54 Å². The fraction of sp³-hybridized carbons (Fsp3) is 0.125. The lowest BCUT2D eigenvalue weighted by Crippen LogP contribution is -2.11. The van der Waals surface area contributed by atoms with Crippen molar-refractivity contribution in [2.24, 2.45) is 0 Å². The predicted octanol–water partition coefficient (Wildman–Crippen LogP) is 1.69. The number of ketones is 2. The minimum Gasteiger partial charge on any atom is -0.506 e. The number of rotatable bonds is 6. The lowest BCUT2D eigenvalue weighted by Gasteiger charge is -2.07. The summed E-state index contributed by atoms with van der Waals surface area (Å²) in [5.74, 6) is -3.39. The molecule has 0 aliphatic heterocycles. The number of Topliss-reactive ketones (excluding diaryl/α,β-unsaturated/α-hetero) is 1. The molecule has 1 aromatic carbocycles. The fourth-order valence-electron chi connectivity index (χ4n) is 1.95. The Morgan fingerprint density at radius 1 is 1.13 bits per heavy atom. The lowest BCUT2D eigenvalue weighted by atomic mass is 10.1. The van der Waals surface area contributed by atoms with Gasteiger partial charge in [-0.2, -0.15) is 5.10 Å². The molecule has 0 unspecified atom stereocenters. The molecule has 7 heteroatoms. The number of carbonyl (C=O) groups excluding carboxylic acids is 2. The van der Waals surface area contributed by atoms with E-state index in [9.17, 15) is 19.5 Å². The molecule has 2 rings (SSSR count). The van der Waals surface area contributed by atoms with E-state index < -0.39 is 17.5 Å². The van der Waals surface area contributed by atoms with Crippen molar-refractivity contribution >= 4 is 23.3 Å². The minimum atomic E-state index is -1.65. The van der Waals surface area contributed by atoms with Crippen LogP contribution in [0.15, 0.2) is 42.6 Å². The van der Waals surface area contributed by atoms with Crippen molar-refractivity contribution in [2.75, 3.05) is 0 Å². The molecular formula is C16H14N2O5. The zero-order chi connectivity index (χ0) is 17.0. The Bertz CT molecular complexity index is 787. The van der Waals surface area contributed by atoms with Gasteiger partial charge in [0.1, 0.15) is 11.5 Å². The largest absolute Gasteiger partial charge is 0.506 e. The molecule has 2 aromatic rings. The summed E-state index contributed by atoms with van der Waals surface area (Å²) in [6.45, 7) is 1.77. The highest BCUT2D eigenvalue weighted by atomic mass is 16.4. The number of carbonyl (C=O) groups is 3. The highest BCUT2D eigenvalue weighted by Crippen LogP contribution is 2.14. The first-order valence-electron chi connectivity index (χ1n) is 6.68. The zero-order valence-electron chi connectivity index (χ0n) is 12.3. The number of carboxylic acid groups (broad SMARTS) is 1. The molecule has 0 spiro atoms. The van der Waals surface area contributed by atoms with E-state index >= 15 is 0 Å². The lowest BCUT2D eigenvalue weighted by molar-refractivity contribution is -0.146. The van der Waals surface area contributed by atoms with Crippen LogP contribution in [0.25, 0.3) is 5.76 Å². The minimum absolute atomic E-state index is 0.0379. The van der Waals surface area contributed by atoms with Crippen LogP contribution in [0.2, 0.25) is 0 Å². The summed E-state index contributed by atoms with van der Waals surface area (Å²) in [7, 11) is 0. The number of nitrogens with zero attached hydrogens (tertiary/aromatic N) is 2. The Kier molecular flexibility index (Phi) is 4.70. The van der Waals surface area contributed by atoms with Crippen molar-refractivity contribution < 1.29 is 24.6 Å². The maximum Gasteiger partial charge on any atom is 0.376 e.